The number of Topliss-reactive ketones (excluding diaryl/α,β-unsaturated/α-hetero) is 1. The second-order valence-corrected chi connectivity index (χ2v) is 8.38. The maximum atomic E-state index is 12.3. The lowest BCUT2D eigenvalue weighted by atomic mass is 9.94. The second kappa shape index (κ2) is 5.91. The largest absolute Gasteiger partial charge is 0.312 e. The average Bonchev–Trinajstić information content (AvgIpc) is 2.43. The lowest BCUT2D eigenvalue weighted by Crippen LogP contribution is -2.38. The Bertz CT molecular complexity index is 573. The highest BCUT2D eigenvalue weighted by Crippen LogP contribution is 2.31. The summed E-state index contributed by atoms with van der Waals surface area (Å²) in [5, 5.41) is 0. The summed E-state index contributed by atoms with van der Waals surface area (Å²) in [6.07, 6.45) is 1.86. The van der Waals surface area contributed by atoms with E-state index >= 15 is 0 Å². The average molecular weight is 352 g/mol. The zero-order valence-corrected chi connectivity index (χ0v) is 14.7. The van der Waals surface area contributed by atoms with Gasteiger partial charge >= 0.3 is 0 Å². The number of alkyl halides is 1. The highest BCUT2D eigenvalue weighted by atomic mass is 79.9. The van der Waals surface area contributed by atoms with E-state index in [0.29, 0.717) is 5.56 Å². The standard InChI is InChI=1S/C17H22BrNO2/c1-11(2)16(21)19-9-5-6-12-10-13(7-8-14(12)19)15(20)17(3,4)18/h7-8,10-11H,5-6,9H2,1-4H3. The summed E-state index contributed by atoms with van der Waals surface area (Å²) in [7, 11) is 0. The van der Waals surface area contributed by atoms with E-state index in [4.69, 9.17) is 0 Å². The molecule has 3 nitrogen and oxygen atoms in total. The maximum Gasteiger partial charge on any atom is 0.229 e. The number of hydrogen-bond donors (Lipinski definition) is 0. The SMILES string of the molecule is CC(C)C(=O)N1CCCc2cc(C(=O)C(C)(C)Br)ccc21. The first kappa shape index (κ1) is 16.2. The number of benzene rings is 1. The quantitative estimate of drug-likeness (QED) is 0.610. The minimum Gasteiger partial charge on any atom is -0.312 e. The lowest BCUT2D eigenvalue weighted by Gasteiger charge is -2.31. The molecule has 0 saturated carbocycles. The fourth-order valence-corrected chi connectivity index (χ4v) is 2.85. The fourth-order valence-electron chi connectivity index (χ4n) is 2.62. The third-order valence-corrected chi connectivity index (χ3v) is 4.12. The van der Waals surface area contributed by atoms with E-state index in [1.165, 1.54) is 0 Å². The molecule has 2 rings (SSSR count). The van der Waals surface area contributed by atoms with Crippen LogP contribution in [0.15, 0.2) is 18.2 Å². The van der Waals surface area contributed by atoms with E-state index in [1.54, 1.807) is 0 Å². The Balaban J connectivity index is 2.37. The van der Waals surface area contributed by atoms with Gasteiger partial charge in [-0.2, -0.15) is 0 Å². The molecule has 0 spiro atoms. The number of nitrogens with zero attached hydrogens (tertiary/aromatic N) is 1. The van der Waals surface area contributed by atoms with Crippen LogP contribution in [0, 0.1) is 5.92 Å². The van der Waals surface area contributed by atoms with Gasteiger partial charge in [0.1, 0.15) is 0 Å². The van der Waals surface area contributed by atoms with Gasteiger partial charge in [-0.3, -0.25) is 9.59 Å². The van der Waals surface area contributed by atoms with Crippen LogP contribution in [0.1, 0.15) is 50.0 Å². The van der Waals surface area contributed by atoms with E-state index in [2.05, 4.69) is 15.9 Å². The van der Waals surface area contributed by atoms with E-state index in [1.807, 2.05) is 50.8 Å². The summed E-state index contributed by atoms with van der Waals surface area (Å²) in [5.41, 5.74) is 2.76. The van der Waals surface area contributed by atoms with Gasteiger partial charge in [0.2, 0.25) is 5.91 Å². The molecule has 0 unspecified atom stereocenters. The van der Waals surface area contributed by atoms with Crippen LogP contribution in [-0.4, -0.2) is 22.6 Å². The van der Waals surface area contributed by atoms with Crippen molar-refractivity contribution in [2.45, 2.75) is 44.9 Å². The minimum atomic E-state index is -0.566. The van der Waals surface area contributed by atoms with Crippen molar-refractivity contribution in [3.63, 3.8) is 0 Å². The van der Waals surface area contributed by atoms with Crippen LogP contribution in [0.4, 0.5) is 5.69 Å². The number of amides is 1. The Hall–Kier alpha value is -1.16. The lowest BCUT2D eigenvalue weighted by molar-refractivity contribution is -0.121. The number of halogens is 1. The van der Waals surface area contributed by atoms with Gasteiger partial charge in [-0.1, -0.05) is 29.8 Å². The van der Waals surface area contributed by atoms with Crippen molar-refractivity contribution >= 4 is 33.3 Å². The Morgan fingerprint density at radius 3 is 2.52 bits per heavy atom. The third kappa shape index (κ3) is 3.37. The Labute approximate surface area is 134 Å². The summed E-state index contributed by atoms with van der Waals surface area (Å²) in [6, 6.07) is 5.69. The molecule has 114 valence electrons. The molecule has 0 saturated heterocycles. The molecule has 0 N–H and O–H groups in total. The van der Waals surface area contributed by atoms with Crippen LogP contribution in [0.5, 0.6) is 0 Å². The molecular formula is C17H22BrNO2. The Kier molecular flexibility index (Phi) is 4.57. The zero-order valence-electron chi connectivity index (χ0n) is 13.1. The van der Waals surface area contributed by atoms with Gasteiger partial charge in [-0.15, -0.1) is 0 Å². The molecule has 1 aliphatic rings. The van der Waals surface area contributed by atoms with Gasteiger partial charge in [0.15, 0.2) is 5.78 Å². The molecule has 1 aliphatic heterocycles. The van der Waals surface area contributed by atoms with Gasteiger partial charge < -0.3 is 4.90 Å². The molecule has 0 atom stereocenters. The first-order chi connectivity index (χ1) is 9.71. The van der Waals surface area contributed by atoms with Crippen molar-refractivity contribution < 1.29 is 9.59 Å². The molecular weight excluding hydrogens is 330 g/mol. The molecule has 0 aliphatic carbocycles. The predicted molar refractivity (Wildman–Crippen MR) is 89.3 cm³/mol. The van der Waals surface area contributed by atoms with Crippen LogP contribution in [0.2, 0.25) is 0 Å². The summed E-state index contributed by atoms with van der Waals surface area (Å²) in [4.78, 5) is 26.5. The van der Waals surface area contributed by atoms with E-state index in [-0.39, 0.29) is 17.6 Å². The molecule has 21 heavy (non-hydrogen) atoms. The van der Waals surface area contributed by atoms with E-state index in [0.717, 1.165) is 30.6 Å². The molecule has 0 radical (unpaired) electrons. The topological polar surface area (TPSA) is 37.4 Å². The van der Waals surface area contributed by atoms with Crippen molar-refractivity contribution in [2.24, 2.45) is 5.92 Å². The molecule has 0 fully saturated rings. The number of carbonyl (C=O) groups is 2. The summed E-state index contributed by atoms with van der Waals surface area (Å²) in [6.45, 7) is 8.30. The summed E-state index contributed by atoms with van der Waals surface area (Å²) in [5.74, 6) is 0.201. The Morgan fingerprint density at radius 2 is 1.95 bits per heavy atom. The highest BCUT2D eigenvalue weighted by Gasteiger charge is 2.28. The van der Waals surface area contributed by atoms with Crippen molar-refractivity contribution in [3.8, 4) is 0 Å². The maximum absolute atomic E-state index is 12.3. The van der Waals surface area contributed by atoms with Gasteiger partial charge in [-0.25, -0.2) is 0 Å². The molecule has 0 aromatic heterocycles. The van der Waals surface area contributed by atoms with Gasteiger partial charge in [0.05, 0.1) is 4.32 Å². The predicted octanol–water partition coefficient (Wildman–Crippen LogP) is 3.98. The molecule has 1 aromatic carbocycles. The first-order valence-electron chi connectivity index (χ1n) is 7.40. The van der Waals surface area contributed by atoms with E-state index < -0.39 is 4.32 Å². The number of fused-ring (bicyclic) bond motifs is 1. The van der Waals surface area contributed by atoms with Crippen LogP contribution in [0.3, 0.4) is 0 Å². The zero-order chi connectivity index (χ0) is 15.8. The summed E-state index contributed by atoms with van der Waals surface area (Å²) >= 11 is 3.42. The van der Waals surface area contributed by atoms with Crippen LogP contribution in [-0.2, 0) is 11.2 Å². The molecule has 1 amide bonds. The third-order valence-electron chi connectivity index (χ3n) is 3.76. The molecule has 0 bridgehead atoms. The number of hydrogen-bond acceptors (Lipinski definition) is 2. The van der Waals surface area contributed by atoms with Crippen molar-refractivity contribution in [1.82, 2.24) is 0 Å². The summed E-state index contributed by atoms with van der Waals surface area (Å²) < 4.78 is -0.566. The normalized spacial score (nSPS) is 15.0. The smallest absolute Gasteiger partial charge is 0.229 e. The van der Waals surface area contributed by atoms with Crippen LogP contribution in [0.25, 0.3) is 0 Å². The highest BCUT2D eigenvalue weighted by molar-refractivity contribution is 9.10. The number of anilines is 1. The number of aryl methyl sites for hydroxylation is 1. The number of rotatable bonds is 3. The minimum absolute atomic E-state index is 0.0151. The fraction of sp³-hybridized carbons (Fsp3) is 0.529. The Morgan fingerprint density at radius 1 is 1.29 bits per heavy atom. The van der Waals surface area contributed by atoms with Gasteiger partial charge in [0, 0.05) is 23.7 Å². The van der Waals surface area contributed by atoms with Crippen molar-refractivity contribution in [3.05, 3.63) is 29.3 Å². The monoisotopic (exact) mass is 351 g/mol. The second-order valence-electron chi connectivity index (χ2n) is 6.39. The van der Waals surface area contributed by atoms with Crippen LogP contribution < -0.4 is 4.90 Å². The van der Waals surface area contributed by atoms with Crippen molar-refractivity contribution in [2.75, 3.05) is 11.4 Å². The molecule has 1 aromatic rings. The first-order valence-corrected chi connectivity index (χ1v) is 8.19. The van der Waals surface area contributed by atoms with Crippen molar-refractivity contribution in [1.29, 1.82) is 0 Å². The van der Waals surface area contributed by atoms with Crippen LogP contribution >= 0.6 is 15.9 Å². The van der Waals surface area contributed by atoms with Gasteiger partial charge in [0.25, 0.3) is 0 Å². The molecule has 1 heterocycles. The number of ketones is 1. The van der Waals surface area contributed by atoms with E-state index in [9.17, 15) is 9.59 Å². The van der Waals surface area contributed by atoms with Gasteiger partial charge in [-0.05, 0) is 50.5 Å². The number of carbonyl (C=O) groups excluding carboxylic acids is 2. The molecule has 4 heteroatoms.